The molecule has 0 saturated carbocycles. The second kappa shape index (κ2) is 5.35. The van der Waals surface area contributed by atoms with E-state index in [-0.39, 0.29) is 11.6 Å². The normalized spacial score (nSPS) is 26.4. The number of carboxylic acid groups (broad SMARTS) is 1. The number of carbonyl (C=O) groups is 2. The van der Waals surface area contributed by atoms with Crippen molar-refractivity contribution in [2.75, 3.05) is 20.2 Å². The van der Waals surface area contributed by atoms with Crippen molar-refractivity contribution in [3.8, 4) is 0 Å². The third-order valence-corrected chi connectivity index (χ3v) is 3.15. The molecule has 2 atom stereocenters. The molecule has 1 aliphatic heterocycles. The molecule has 1 unspecified atom stereocenters. The van der Waals surface area contributed by atoms with Gasteiger partial charge in [-0.15, -0.1) is 0 Å². The lowest BCUT2D eigenvalue weighted by atomic mass is 9.95. The summed E-state index contributed by atoms with van der Waals surface area (Å²) in [4.78, 5) is 24.1. The molecule has 1 fully saturated rings. The smallest absolute Gasteiger partial charge is 0.325 e. The van der Waals surface area contributed by atoms with Crippen LogP contribution in [0.15, 0.2) is 0 Å². The monoisotopic (exact) mass is 244 g/mol. The quantitative estimate of drug-likeness (QED) is 0.764. The average molecular weight is 244 g/mol. The van der Waals surface area contributed by atoms with E-state index in [4.69, 9.17) is 9.84 Å². The van der Waals surface area contributed by atoms with Gasteiger partial charge in [-0.05, 0) is 26.7 Å². The van der Waals surface area contributed by atoms with Gasteiger partial charge in [0.1, 0.15) is 6.04 Å². The van der Waals surface area contributed by atoms with Crippen LogP contribution in [0.25, 0.3) is 0 Å². The maximum Gasteiger partial charge on any atom is 0.325 e. The summed E-state index contributed by atoms with van der Waals surface area (Å²) in [6, 6.07) is -1.22. The highest BCUT2D eigenvalue weighted by Crippen LogP contribution is 2.23. The first-order valence-corrected chi connectivity index (χ1v) is 5.71. The minimum Gasteiger partial charge on any atom is -0.480 e. The number of rotatable bonds is 3. The second-order valence-corrected chi connectivity index (χ2v) is 4.69. The van der Waals surface area contributed by atoms with Gasteiger partial charge in [-0.25, -0.2) is 4.79 Å². The van der Waals surface area contributed by atoms with Gasteiger partial charge in [-0.1, -0.05) is 0 Å². The van der Waals surface area contributed by atoms with Crippen LogP contribution in [0.1, 0.15) is 26.7 Å². The number of amides is 2. The van der Waals surface area contributed by atoms with Crippen LogP contribution in [0.2, 0.25) is 0 Å². The molecule has 17 heavy (non-hydrogen) atoms. The van der Waals surface area contributed by atoms with Crippen molar-refractivity contribution in [1.29, 1.82) is 0 Å². The molecular weight excluding hydrogens is 224 g/mol. The summed E-state index contributed by atoms with van der Waals surface area (Å²) in [5, 5.41) is 11.2. The third-order valence-electron chi connectivity index (χ3n) is 3.15. The van der Waals surface area contributed by atoms with Gasteiger partial charge < -0.3 is 20.1 Å². The van der Waals surface area contributed by atoms with Gasteiger partial charge in [0.25, 0.3) is 0 Å². The summed E-state index contributed by atoms with van der Waals surface area (Å²) in [7, 11) is 1.63. The van der Waals surface area contributed by atoms with Gasteiger partial charge in [0, 0.05) is 13.7 Å². The van der Waals surface area contributed by atoms with Crippen LogP contribution in [0.5, 0.6) is 0 Å². The number of urea groups is 1. The van der Waals surface area contributed by atoms with Crippen molar-refractivity contribution in [3.05, 3.63) is 0 Å². The SMILES string of the molecule is COC1(C)CCCN(C(=O)N[C@@H](C)C(=O)O)C1. The highest BCUT2D eigenvalue weighted by Gasteiger charge is 2.33. The molecule has 0 radical (unpaired) electrons. The first-order chi connectivity index (χ1) is 7.88. The molecule has 1 saturated heterocycles. The second-order valence-electron chi connectivity index (χ2n) is 4.69. The molecule has 0 aromatic carbocycles. The largest absolute Gasteiger partial charge is 0.480 e. The molecule has 2 amide bonds. The summed E-state index contributed by atoms with van der Waals surface area (Å²) in [5.74, 6) is -1.04. The van der Waals surface area contributed by atoms with Gasteiger partial charge in [-0.2, -0.15) is 0 Å². The lowest BCUT2D eigenvalue weighted by molar-refractivity contribution is -0.138. The van der Waals surface area contributed by atoms with E-state index in [0.29, 0.717) is 13.1 Å². The topological polar surface area (TPSA) is 78.9 Å². The van der Waals surface area contributed by atoms with Gasteiger partial charge in [0.05, 0.1) is 12.1 Å². The standard InChI is InChI=1S/C11H20N2O4/c1-8(9(14)15)12-10(16)13-6-4-5-11(2,7-13)17-3/h8H,4-7H2,1-3H3,(H,12,16)(H,14,15)/t8-,11?/m0/s1. The van der Waals surface area contributed by atoms with Crippen LogP contribution < -0.4 is 5.32 Å². The Hall–Kier alpha value is -1.30. The molecule has 1 heterocycles. The van der Waals surface area contributed by atoms with Crippen LogP contribution in [-0.2, 0) is 9.53 Å². The summed E-state index contributed by atoms with van der Waals surface area (Å²) >= 11 is 0. The molecule has 0 spiro atoms. The number of carbonyl (C=O) groups excluding carboxylic acids is 1. The molecule has 1 aliphatic rings. The molecule has 6 heteroatoms. The van der Waals surface area contributed by atoms with E-state index in [1.165, 1.54) is 6.92 Å². The fourth-order valence-corrected chi connectivity index (χ4v) is 1.88. The van der Waals surface area contributed by atoms with Crippen molar-refractivity contribution in [2.24, 2.45) is 0 Å². The Morgan fingerprint density at radius 2 is 2.18 bits per heavy atom. The lowest BCUT2D eigenvalue weighted by Gasteiger charge is -2.39. The average Bonchev–Trinajstić information content (AvgIpc) is 2.29. The first-order valence-electron chi connectivity index (χ1n) is 5.71. The molecule has 0 aromatic heterocycles. The zero-order chi connectivity index (χ0) is 13.1. The summed E-state index contributed by atoms with van der Waals surface area (Å²) in [5.41, 5.74) is -0.331. The summed E-state index contributed by atoms with van der Waals surface area (Å²) < 4.78 is 5.37. The number of hydrogen-bond acceptors (Lipinski definition) is 3. The lowest BCUT2D eigenvalue weighted by Crippen LogP contribution is -2.54. The van der Waals surface area contributed by atoms with Crippen molar-refractivity contribution >= 4 is 12.0 Å². The Balaban J connectivity index is 2.55. The van der Waals surface area contributed by atoms with Crippen LogP contribution in [-0.4, -0.2) is 53.8 Å². The van der Waals surface area contributed by atoms with Crippen molar-refractivity contribution in [1.82, 2.24) is 10.2 Å². The highest BCUT2D eigenvalue weighted by molar-refractivity contribution is 5.82. The minimum atomic E-state index is -1.04. The number of nitrogens with one attached hydrogen (secondary N) is 1. The van der Waals surface area contributed by atoms with E-state index in [9.17, 15) is 9.59 Å². The Morgan fingerprint density at radius 3 is 2.71 bits per heavy atom. The van der Waals surface area contributed by atoms with E-state index in [1.54, 1.807) is 12.0 Å². The van der Waals surface area contributed by atoms with Gasteiger partial charge >= 0.3 is 12.0 Å². The van der Waals surface area contributed by atoms with E-state index >= 15 is 0 Å². The molecule has 0 aromatic rings. The minimum absolute atomic E-state index is 0.331. The van der Waals surface area contributed by atoms with E-state index in [2.05, 4.69) is 5.32 Å². The number of nitrogens with zero attached hydrogens (tertiary/aromatic N) is 1. The van der Waals surface area contributed by atoms with Gasteiger partial charge in [0.15, 0.2) is 0 Å². The zero-order valence-corrected chi connectivity index (χ0v) is 10.5. The maximum atomic E-state index is 11.8. The number of hydrogen-bond donors (Lipinski definition) is 2. The third kappa shape index (κ3) is 3.59. The number of aliphatic carboxylic acids is 1. The molecule has 2 N–H and O–H groups in total. The zero-order valence-electron chi connectivity index (χ0n) is 10.5. The van der Waals surface area contributed by atoms with Crippen LogP contribution in [0, 0.1) is 0 Å². The number of likely N-dealkylation sites (tertiary alicyclic amines) is 1. The summed E-state index contributed by atoms with van der Waals surface area (Å²) in [6.07, 6.45) is 1.76. The Bertz CT molecular complexity index is 308. The molecular formula is C11H20N2O4. The van der Waals surface area contributed by atoms with Gasteiger partial charge in [0.2, 0.25) is 0 Å². The van der Waals surface area contributed by atoms with Crippen LogP contribution >= 0.6 is 0 Å². The maximum absolute atomic E-state index is 11.8. The Kier molecular flexibility index (Phi) is 4.34. The highest BCUT2D eigenvalue weighted by atomic mass is 16.5. The van der Waals surface area contributed by atoms with Crippen LogP contribution in [0.3, 0.4) is 0 Å². The molecule has 6 nitrogen and oxygen atoms in total. The Morgan fingerprint density at radius 1 is 1.53 bits per heavy atom. The van der Waals surface area contributed by atoms with E-state index < -0.39 is 12.0 Å². The number of carboxylic acids is 1. The Labute approximate surface area is 101 Å². The van der Waals surface area contributed by atoms with Gasteiger partial charge in [-0.3, -0.25) is 4.79 Å². The molecule has 1 rings (SSSR count). The van der Waals surface area contributed by atoms with Crippen molar-refractivity contribution in [2.45, 2.75) is 38.3 Å². The molecule has 0 bridgehead atoms. The van der Waals surface area contributed by atoms with E-state index in [0.717, 1.165) is 12.8 Å². The predicted molar refractivity (Wildman–Crippen MR) is 61.9 cm³/mol. The number of ether oxygens (including phenoxy) is 1. The fourth-order valence-electron chi connectivity index (χ4n) is 1.88. The van der Waals surface area contributed by atoms with Crippen LogP contribution in [0.4, 0.5) is 4.79 Å². The number of methoxy groups -OCH3 is 1. The first kappa shape index (κ1) is 13.8. The number of piperidine rings is 1. The van der Waals surface area contributed by atoms with E-state index in [1.807, 2.05) is 6.92 Å². The predicted octanol–water partition coefficient (Wildman–Crippen LogP) is 0.670. The fraction of sp³-hybridized carbons (Fsp3) is 0.818. The van der Waals surface area contributed by atoms with Crippen molar-refractivity contribution in [3.63, 3.8) is 0 Å². The van der Waals surface area contributed by atoms with Crippen molar-refractivity contribution < 1.29 is 19.4 Å². The summed E-state index contributed by atoms with van der Waals surface area (Å²) in [6.45, 7) is 4.52. The molecule has 98 valence electrons. The molecule has 0 aliphatic carbocycles.